The molecule has 0 radical (unpaired) electrons. The number of anilines is 1. The molecule has 0 bridgehead atoms. The maximum atomic E-state index is 4.49. The van der Waals surface area contributed by atoms with Gasteiger partial charge in [-0.3, -0.25) is 0 Å². The molecule has 0 saturated carbocycles. The summed E-state index contributed by atoms with van der Waals surface area (Å²) in [7, 11) is 0. The highest BCUT2D eigenvalue weighted by Gasteiger charge is 2.06. The largest absolute Gasteiger partial charge is 0.365 e. The van der Waals surface area contributed by atoms with Gasteiger partial charge in [-0.25, -0.2) is 24.6 Å². The molecule has 1 aromatic carbocycles. The van der Waals surface area contributed by atoms with Crippen LogP contribution in [0.2, 0.25) is 0 Å². The van der Waals surface area contributed by atoms with E-state index in [-0.39, 0.29) is 0 Å². The molecular formula is C17H15N7. The van der Waals surface area contributed by atoms with E-state index in [9.17, 15) is 0 Å². The molecule has 4 rings (SSSR count). The van der Waals surface area contributed by atoms with E-state index < -0.39 is 0 Å². The zero-order chi connectivity index (χ0) is 16.4. The van der Waals surface area contributed by atoms with Crippen LogP contribution < -0.4 is 5.32 Å². The molecule has 0 spiro atoms. The lowest BCUT2D eigenvalue weighted by Gasteiger charge is -2.09. The first-order chi connectivity index (χ1) is 11.8. The molecule has 118 valence electrons. The van der Waals surface area contributed by atoms with Crippen molar-refractivity contribution >= 4 is 16.9 Å². The Morgan fingerprint density at radius 3 is 2.75 bits per heavy atom. The molecule has 0 aliphatic carbocycles. The zero-order valence-electron chi connectivity index (χ0n) is 13.1. The molecule has 0 fully saturated rings. The molecular weight excluding hydrogens is 302 g/mol. The first-order valence-electron chi connectivity index (χ1n) is 7.57. The van der Waals surface area contributed by atoms with Crippen LogP contribution in [0.25, 0.3) is 16.7 Å². The summed E-state index contributed by atoms with van der Waals surface area (Å²) in [6, 6.07) is 12.0. The number of pyridine rings is 1. The fourth-order valence-electron chi connectivity index (χ4n) is 2.50. The normalized spacial score (nSPS) is 10.9. The van der Waals surface area contributed by atoms with Gasteiger partial charge in [-0.1, -0.05) is 12.1 Å². The quantitative estimate of drug-likeness (QED) is 0.623. The topological polar surface area (TPSA) is 81.4 Å². The van der Waals surface area contributed by atoms with Crippen molar-refractivity contribution in [1.82, 2.24) is 29.7 Å². The van der Waals surface area contributed by atoms with Crippen molar-refractivity contribution in [2.75, 3.05) is 5.32 Å². The van der Waals surface area contributed by atoms with E-state index in [1.165, 1.54) is 6.33 Å². The summed E-state index contributed by atoms with van der Waals surface area (Å²) in [5.41, 5.74) is 2.82. The van der Waals surface area contributed by atoms with E-state index in [4.69, 9.17) is 0 Å². The van der Waals surface area contributed by atoms with Crippen LogP contribution in [0.3, 0.4) is 0 Å². The van der Waals surface area contributed by atoms with Gasteiger partial charge < -0.3 is 5.32 Å². The predicted octanol–water partition coefficient (Wildman–Crippen LogP) is 2.53. The molecule has 24 heavy (non-hydrogen) atoms. The van der Waals surface area contributed by atoms with Gasteiger partial charge in [0.1, 0.15) is 24.3 Å². The smallest absolute Gasteiger partial charge is 0.164 e. The second kappa shape index (κ2) is 6.04. The van der Waals surface area contributed by atoms with E-state index in [0.717, 1.165) is 22.5 Å². The number of fused-ring (bicyclic) bond motifs is 1. The average Bonchev–Trinajstić information content (AvgIpc) is 3.14. The third-order valence-electron chi connectivity index (χ3n) is 3.66. The summed E-state index contributed by atoms with van der Waals surface area (Å²) in [6.07, 6.45) is 4.93. The Balaban J connectivity index is 1.55. The SMILES string of the molecule is Cc1nc(NCc2ccc(-n3cncn3)cc2)c2cccnc2n1. The second-order valence-corrected chi connectivity index (χ2v) is 5.35. The van der Waals surface area contributed by atoms with Gasteiger partial charge in [0.15, 0.2) is 5.65 Å². The molecule has 0 aliphatic heterocycles. The first-order valence-corrected chi connectivity index (χ1v) is 7.57. The van der Waals surface area contributed by atoms with Crippen LogP contribution in [-0.2, 0) is 6.54 Å². The number of benzene rings is 1. The maximum absolute atomic E-state index is 4.49. The Bertz CT molecular complexity index is 962. The highest BCUT2D eigenvalue weighted by atomic mass is 15.3. The van der Waals surface area contributed by atoms with Gasteiger partial charge in [0.05, 0.1) is 11.1 Å². The lowest BCUT2D eigenvalue weighted by atomic mass is 10.2. The molecule has 0 amide bonds. The Labute approximate surface area is 138 Å². The molecule has 0 unspecified atom stereocenters. The van der Waals surface area contributed by atoms with Gasteiger partial charge in [0, 0.05) is 12.7 Å². The Morgan fingerprint density at radius 2 is 1.96 bits per heavy atom. The van der Waals surface area contributed by atoms with Gasteiger partial charge in [-0.15, -0.1) is 0 Å². The number of nitrogens with one attached hydrogen (secondary N) is 1. The highest BCUT2D eigenvalue weighted by molar-refractivity contribution is 5.86. The van der Waals surface area contributed by atoms with Crippen molar-refractivity contribution in [3.05, 3.63) is 66.6 Å². The number of nitrogens with zero attached hydrogens (tertiary/aromatic N) is 6. The Kier molecular flexibility index (Phi) is 3.59. The summed E-state index contributed by atoms with van der Waals surface area (Å²) in [5, 5.41) is 8.41. The Hall–Kier alpha value is -3.35. The second-order valence-electron chi connectivity index (χ2n) is 5.35. The van der Waals surface area contributed by atoms with E-state index in [1.54, 1.807) is 17.2 Å². The first kappa shape index (κ1) is 14.3. The molecule has 0 atom stereocenters. The van der Waals surface area contributed by atoms with Crippen molar-refractivity contribution in [3.8, 4) is 5.69 Å². The summed E-state index contributed by atoms with van der Waals surface area (Å²) >= 11 is 0. The fourth-order valence-corrected chi connectivity index (χ4v) is 2.50. The van der Waals surface area contributed by atoms with Crippen LogP contribution in [0.1, 0.15) is 11.4 Å². The summed E-state index contributed by atoms with van der Waals surface area (Å²) in [6.45, 7) is 2.53. The van der Waals surface area contributed by atoms with Crippen molar-refractivity contribution in [2.45, 2.75) is 13.5 Å². The van der Waals surface area contributed by atoms with Crippen LogP contribution in [0.15, 0.2) is 55.2 Å². The molecule has 3 heterocycles. The lowest BCUT2D eigenvalue weighted by Crippen LogP contribution is -2.05. The van der Waals surface area contributed by atoms with Gasteiger partial charge in [0.2, 0.25) is 0 Å². The van der Waals surface area contributed by atoms with Crippen molar-refractivity contribution in [2.24, 2.45) is 0 Å². The maximum Gasteiger partial charge on any atom is 0.164 e. The number of aryl methyl sites for hydroxylation is 1. The molecule has 4 aromatic rings. The average molecular weight is 317 g/mol. The monoisotopic (exact) mass is 317 g/mol. The van der Waals surface area contributed by atoms with Gasteiger partial charge in [-0.05, 0) is 36.8 Å². The number of aromatic nitrogens is 6. The molecule has 0 aliphatic rings. The minimum atomic E-state index is 0.665. The molecule has 3 aromatic heterocycles. The summed E-state index contributed by atoms with van der Waals surface area (Å²) in [5.74, 6) is 1.50. The molecule has 1 N–H and O–H groups in total. The number of hydrogen-bond acceptors (Lipinski definition) is 6. The predicted molar refractivity (Wildman–Crippen MR) is 90.8 cm³/mol. The van der Waals surface area contributed by atoms with Gasteiger partial charge in [0.25, 0.3) is 0 Å². The van der Waals surface area contributed by atoms with Crippen LogP contribution in [-0.4, -0.2) is 29.7 Å². The lowest BCUT2D eigenvalue weighted by molar-refractivity contribution is 0.877. The summed E-state index contributed by atoms with van der Waals surface area (Å²) in [4.78, 5) is 17.1. The van der Waals surface area contributed by atoms with E-state index in [1.807, 2.05) is 31.2 Å². The molecule has 7 heteroatoms. The summed E-state index contributed by atoms with van der Waals surface area (Å²) < 4.78 is 1.73. The van der Waals surface area contributed by atoms with Crippen molar-refractivity contribution < 1.29 is 0 Å². The van der Waals surface area contributed by atoms with E-state index >= 15 is 0 Å². The number of rotatable bonds is 4. The van der Waals surface area contributed by atoms with Gasteiger partial charge in [-0.2, -0.15) is 5.10 Å². The molecule has 0 saturated heterocycles. The van der Waals surface area contributed by atoms with Crippen molar-refractivity contribution in [1.29, 1.82) is 0 Å². The van der Waals surface area contributed by atoms with Crippen LogP contribution in [0, 0.1) is 6.92 Å². The van der Waals surface area contributed by atoms with Crippen LogP contribution >= 0.6 is 0 Å². The van der Waals surface area contributed by atoms with Crippen LogP contribution in [0.5, 0.6) is 0 Å². The van der Waals surface area contributed by atoms with Crippen LogP contribution in [0.4, 0.5) is 5.82 Å². The highest BCUT2D eigenvalue weighted by Crippen LogP contribution is 2.19. The molecule has 7 nitrogen and oxygen atoms in total. The zero-order valence-corrected chi connectivity index (χ0v) is 13.1. The van der Waals surface area contributed by atoms with E-state index in [2.05, 4.69) is 42.5 Å². The standard InChI is InChI=1S/C17H15N7/c1-12-22-16-15(3-2-8-19-16)17(23-12)20-9-13-4-6-14(7-5-13)24-11-18-10-21-24/h2-8,10-11H,9H2,1H3,(H,19,20,22,23). The minimum absolute atomic E-state index is 0.665. The third kappa shape index (κ3) is 2.79. The van der Waals surface area contributed by atoms with E-state index in [0.29, 0.717) is 18.0 Å². The number of hydrogen-bond donors (Lipinski definition) is 1. The Morgan fingerprint density at radius 1 is 1.08 bits per heavy atom. The van der Waals surface area contributed by atoms with Crippen molar-refractivity contribution in [3.63, 3.8) is 0 Å². The van der Waals surface area contributed by atoms with Gasteiger partial charge >= 0.3 is 0 Å². The fraction of sp³-hybridized carbons (Fsp3) is 0.118. The minimum Gasteiger partial charge on any atom is -0.365 e. The third-order valence-corrected chi connectivity index (χ3v) is 3.66.